The summed E-state index contributed by atoms with van der Waals surface area (Å²) < 4.78 is 5.05. The number of likely N-dealkylation sites (tertiary alicyclic amines) is 2. The Bertz CT molecular complexity index is 638. The Morgan fingerprint density at radius 3 is 2.44 bits per heavy atom. The van der Waals surface area contributed by atoms with Crippen molar-refractivity contribution < 1.29 is 14.3 Å². The average molecular weight is 375 g/mol. The lowest BCUT2D eigenvalue weighted by atomic mass is 10.1. The van der Waals surface area contributed by atoms with E-state index in [1.54, 1.807) is 11.0 Å². The lowest BCUT2D eigenvalue weighted by Crippen LogP contribution is -2.42. The summed E-state index contributed by atoms with van der Waals surface area (Å²) >= 11 is 0. The normalized spacial score (nSPS) is 18.7. The molecular formula is C19H29N5O3. The fourth-order valence-electron chi connectivity index (χ4n) is 3.62. The van der Waals surface area contributed by atoms with E-state index in [-0.39, 0.29) is 18.0 Å². The first kappa shape index (κ1) is 19.4. The van der Waals surface area contributed by atoms with E-state index < -0.39 is 0 Å². The lowest BCUT2D eigenvalue weighted by molar-refractivity contribution is 0.0755. The standard InChI is InChI=1S/C19H29N5O3/c1-2-27-19(26)24-11-7-15(8-12-24)22-17-13-16(20-14-21-17)18(25)23-9-5-3-4-6-10-23/h13-15H,2-12H2,1H3,(H,20,21,22). The molecule has 0 saturated carbocycles. The van der Waals surface area contributed by atoms with Crippen molar-refractivity contribution >= 4 is 17.8 Å². The van der Waals surface area contributed by atoms with Gasteiger partial charge in [-0.15, -0.1) is 0 Å². The summed E-state index contributed by atoms with van der Waals surface area (Å²) in [6.45, 7) is 5.12. The largest absolute Gasteiger partial charge is 0.450 e. The molecular weight excluding hydrogens is 346 g/mol. The Hall–Kier alpha value is -2.38. The predicted molar refractivity (Wildman–Crippen MR) is 102 cm³/mol. The van der Waals surface area contributed by atoms with Gasteiger partial charge in [-0.2, -0.15) is 0 Å². The second-order valence-corrected chi connectivity index (χ2v) is 7.10. The van der Waals surface area contributed by atoms with Crippen LogP contribution in [0.3, 0.4) is 0 Å². The SMILES string of the molecule is CCOC(=O)N1CCC(Nc2cc(C(=O)N3CCCCCC3)ncn2)CC1. The van der Waals surface area contributed by atoms with E-state index in [1.165, 1.54) is 19.2 Å². The van der Waals surface area contributed by atoms with Crippen LogP contribution in [0.15, 0.2) is 12.4 Å². The third-order valence-electron chi connectivity index (χ3n) is 5.15. The second kappa shape index (κ2) is 9.53. The van der Waals surface area contributed by atoms with E-state index in [9.17, 15) is 9.59 Å². The van der Waals surface area contributed by atoms with Crippen LogP contribution in [0.5, 0.6) is 0 Å². The number of hydrogen-bond donors (Lipinski definition) is 1. The molecule has 0 aromatic carbocycles. The Balaban J connectivity index is 1.55. The second-order valence-electron chi connectivity index (χ2n) is 7.10. The van der Waals surface area contributed by atoms with Crippen molar-refractivity contribution in [2.24, 2.45) is 0 Å². The molecule has 1 N–H and O–H groups in total. The minimum atomic E-state index is -0.247. The van der Waals surface area contributed by atoms with Crippen LogP contribution in [0, 0.1) is 0 Å². The van der Waals surface area contributed by atoms with Gasteiger partial charge in [0, 0.05) is 38.3 Å². The fraction of sp³-hybridized carbons (Fsp3) is 0.684. The predicted octanol–water partition coefficient (Wildman–Crippen LogP) is 2.53. The first-order valence-electron chi connectivity index (χ1n) is 9.97. The number of carbonyl (C=O) groups is 2. The first-order valence-corrected chi connectivity index (χ1v) is 9.97. The third kappa shape index (κ3) is 5.30. The summed E-state index contributed by atoms with van der Waals surface area (Å²) in [5.41, 5.74) is 0.443. The van der Waals surface area contributed by atoms with Crippen LogP contribution < -0.4 is 5.32 Å². The number of piperidine rings is 1. The van der Waals surface area contributed by atoms with Crippen LogP contribution >= 0.6 is 0 Å². The number of amides is 2. The van der Waals surface area contributed by atoms with Gasteiger partial charge >= 0.3 is 6.09 Å². The molecule has 0 bridgehead atoms. The maximum atomic E-state index is 12.7. The Kier molecular flexibility index (Phi) is 6.84. The van der Waals surface area contributed by atoms with Crippen LogP contribution in [0.25, 0.3) is 0 Å². The molecule has 1 aromatic rings. The van der Waals surface area contributed by atoms with Gasteiger partial charge in [0.05, 0.1) is 6.61 Å². The highest BCUT2D eigenvalue weighted by molar-refractivity contribution is 5.92. The van der Waals surface area contributed by atoms with Crippen molar-refractivity contribution in [1.82, 2.24) is 19.8 Å². The van der Waals surface area contributed by atoms with Gasteiger partial charge < -0.3 is 19.9 Å². The molecule has 27 heavy (non-hydrogen) atoms. The van der Waals surface area contributed by atoms with E-state index in [2.05, 4.69) is 15.3 Å². The third-order valence-corrected chi connectivity index (χ3v) is 5.15. The lowest BCUT2D eigenvalue weighted by Gasteiger charge is -2.31. The van der Waals surface area contributed by atoms with Gasteiger partial charge in [-0.3, -0.25) is 4.79 Å². The number of rotatable bonds is 4. The molecule has 2 amide bonds. The van der Waals surface area contributed by atoms with Crippen molar-refractivity contribution in [3.8, 4) is 0 Å². The maximum absolute atomic E-state index is 12.7. The number of anilines is 1. The first-order chi connectivity index (χ1) is 13.2. The number of ether oxygens (including phenoxy) is 1. The molecule has 3 heterocycles. The van der Waals surface area contributed by atoms with E-state index in [1.807, 2.05) is 11.8 Å². The van der Waals surface area contributed by atoms with Crippen molar-refractivity contribution in [3.63, 3.8) is 0 Å². The maximum Gasteiger partial charge on any atom is 0.409 e. The molecule has 0 radical (unpaired) electrons. The monoisotopic (exact) mass is 375 g/mol. The summed E-state index contributed by atoms with van der Waals surface area (Å²) in [4.78, 5) is 36.6. The van der Waals surface area contributed by atoms with Crippen LogP contribution in [0.4, 0.5) is 10.6 Å². The van der Waals surface area contributed by atoms with E-state index in [4.69, 9.17) is 4.74 Å². The highest BCUT2D eigenvalue weighted by Gasteiger charge is 2.24. The zero-order valence-corrected chi connectivity index (χ0v) is 16.0. The fourth-order valence-corrected chi connectivity index (χ4v) is 3.62. The Labute approximate surface area is 160 Å². The molecule has 0 atom stereocenters. The van der Waals surface area contributed by atoms with Crippen LogP contribution in [-0.4, -0.2) is 70.6 Å². The zero-order valence-electron chi connectivity index (χ0n) is 16.0. The number of nitrogens with one attached hydrogen (secondary N) is 1. The van der Waals surface area contributed by atoms with Crippen molar-refractivity contribution in [2.75, 3.05) is 38.1 Å². The van der Waals surface area contributed by atoms with Crippen LogP contribution in [0.1, 0.15) is 55.9 Å². The van der Waals surface area contributed by atoms with Gasteiger partial charge in [0.1, 0.15) is 17.8 Å². The Morgan fingerprint density at radius 2 is 1.78 bits per heavy atom. The van der Waals surface area contributed by atoms with Crippen molar-refractivity contribution in [2.45, 2.75) is 51.5 Å². The minimum Gasteiger partial charge on any atom is -0.450 e. The highest BCUT2D eigenvalue weighted by atomic mass is 16.6. The summed E-state index contributed by atoms with van der Waals surface area (Å²) in [6, 6.07) is 1.96. The molecule has 8 nitrogen and oxygen atoms in total. The van der Waals surface area contributed by atoms with Gasteiger partial charge in [-0.1, -0.05) is 12.8 Å². The zero-order chi connectivity index (χ0) is 19.1. The summed E-state index contributed by atoms with van der Waals surface area (Å²) in [7, 11) is 0. The summed E-state index contributed by atoms with van der Waals surface area (Å²) in [5, 5.41) is 3.38. The molecule has 2 aliphatic rings. The number of nitrogens with zero attached hydrogens (tertiary/aromatic N) is 4. The molecule has 1 aromatic heterocycles. The Morgan fingerprint density at radius 1 is 1.07 bits per heavy atom. The number of carbonyl (C=O) groups excluding carboxylic acids is 2. The van der Waals surface area contributed by atoms with Gasteiger partial charge in [0.25, 0.3) is 5.91 Å². The molecule has 8 heteroatoms. The van der Waals surface area contributed by atoms with Gasteiger partial charge in [0.2, 0.25) is 0 Å². The molecule has 148 valence electrons. The summed E-state index contributed by atoms with van der Waals surface area (Å²) in [5.74, 6) is 0.650. The van der Waals surface area contributed by atoms with Gasteiger partial charge in [0.15, 0.2) is 0 Å². The van der Waals surface area contributed by atoms with E-state index in [0.29, 0.717) is 31.2 Å². The molecule has 3 rings (SSSR count). The smallest absolute Gasteiger partial charge is 0.409 e. The van der Waals surface area contributed by atoms with Crippen molar-refractivity contribution in [3.05, 3.63) is 18.1 Å². The molecule has 0 unspecified atom stereocenters. The quantitative estimate of drug-likeness (QED) is 0.870. The molecule has 2 fully saturated rings. The molecule has 2 saturated heterocycles. The average Bonchev–Trinajstić information content (AvgIpc) is 2.98. The van der Waals surface area contributed by atoms with Crippen LogP contribution in [-0.2, 0) is 4.74 Å². The molecule has 2 aliphatic heterocycles. The molecule has 0 spiro atoms. The van der Waals surface area contributed by atoms with Crippen molar-refractivity contribution in [1.29, 1.82) is 0 Å². The molecule has 0 aliphatic carbocycles. The highest BCUT2D eigenvalue weighted by Crippen LogP contribution is 2.17. The van der Waals surface area contributed by atoms with E-state index in [0.717, 1.165) is 38.8 Å². The van der Waals surface area contributed by atoms with E-state index >= 15 is 0 Å². The van der Waals surface area contributed by atoms with Gasteiger partial charge in [-0.25, -0.2) is 14.8 Å². The van der Waals surface area contributed by atoms with Crippen LogP contribution in [0.2, 0.25) is 0 Å². The van der Waals surface area contributed by atoms with Gasteiger partial charge in [-0.05, 0) is 32.6 Å². The topological polar surface area (TPSA) is 87.7 Å². The number of aromatic nitrogens is 2. The number of hydrogen-bond acceptors (Lipinski definition) is 6. The summed E-state index contributed by atoms with van der Waals surface area (Å²) in [6.07, 6.45) is 7.32. The minimum absolute atomic E-state index is 0.0144.